The Morgan fingerprint density at radius 1 is 0.458 bits per heavy atom. The van der Waals surface area contributed by atoms with Crippen LogP contribution in [0.3, 0.4) is 0 Å². The molecule has 0 radical (unpaired) electrons. The molecule has 48 heavy (non-hydrogen) atoms. The Balaban J connectivity index is 3.95. The number of hydrogen-bond donors (Lipinski definition) is 0. The number of esters is 3. The number of halogens is 1. The molecule has 0 saturated carbocycles. The molecule has 0 amide bonds. The summed E-state index contributed by atoms with van der Waals surface area (Å²) in [6.45, 7) is 4.29. The molecule has 0 bridgehead atoms. The molecule has 0 aliphatic carbocycles. The molecule has 0 heterocycles. The number of hydrogen-bond acceptors (Lipinski definition) is 6. The van der Waals surface area contributed by atoms with Crippen LogP contribution < -0.4 is 0 Å². The van der Waals surface area contributed by atoms with Crippen LogP contribution in [0.2, 0.25) is 0 Å². The van der Waals surface area contributed by atoms with Crippen molar-refractivity contribution in [3.63, 3.8) is 0 Å². The number of carbonyl (C=O) groups is 3. The molecule has 0 saturated heterocycles. The highest BCUT2D eigenvalue weighted by atomic mass is 79.9. The van der Waals surface area contributed by atoms with Crippen LogP contribution in [0.5, 0.6) is 0 Å². The zero-order valence-corrected chi connectivity index (χ0v) is 32.7. The maximum atomic E-state index is 12.4. The SMILES string of the molecule is CCCCCCCCC=CCCCCCCCC(=O)OC[C@H](COC(=O)CBr)OC(=O)CCCCCCCC=CCCCCCCCC. The fourth-order valence-corrected chi connectivity index (χ4v) is 5.69. The first-order valence-corrected chi connectivity index (χ1v) is 21.0. The Hall–Kier alpha value is -1.63. The Morgan fingerprint density at radius 2 is 0.792 bits per heavy atom. The summed E-state index contributed by atoms with van der Waals surface area (Å²) in [5.41, 5.74) is 0. The van der Waals surface area contributed by atoms with Crippen molar-refractivity contribution in [3.8, 4) is 0 Å². The van der Waals surface area contributed by atoms with Crippen molar-refractivity contribution in [2.24, 2.45) is 0 Å². The maximum Gasteiger partial charge on any atom is 0.316 e. The number of allylic oxidation sites excluding steroid dienone is 4. The molecular weight excluding hydrogens is 668 g/mol. The van der Waals surface area contributed by atoms with Gasteiger partial charge in [0.2, 0.25) is 0 Å². The first-order chi connectivity index (χ1) is 23.5. The lowest BCUT2D eigenvalue weighted by Gasteiger charge is -2.18. The molecule has 6 nitrogen and oxygen atoms in total. The van der Waals surface area contributed by atoms with E-state index in [0.29, 0.717) is 12.8 Å². The van der Waals surface area contributed by atoms with E-state index in [1.807, 2.05) is 0 Å². The van der Waals surface area contributed by atoms with Gasteiger partial charge in [-0.2, -0.15) is 0 Å². The van der Waals surface area contributed by atoms with Crippen LogP contribution in [-0.4, -0.2) is 42.6 Å². The van der Waals surface area contributed by atoms with Crippen LogP contribution >= 0.6 is 15.9 Å². The highest BCUT2D eigenvalue weighted by molar-refractivity contribution is 9.09. The van der Waals surface area contributed by atoms with Gasteiger partial charge >= 0.3 is 17.9 Å². The minimum absolute atomic E-state index is 0.0534. The van der Waals surface area contributed by atoms with E-state index in [0.717, 1.165) is 57.8 Å². The molecule has 0 aromatic heterocycles. The molecule has 0 aromatic rings. The summed E-state index contributed by atoms with van der Waals surface area (Å²) < 4.78 is 16.1. The van der Waals surface area contributed by atoms with Crippen molar-refractivity contribution < 1.29 is 28.6 Å². The normalized spacial score (nSPS) is 12.1. The molecule has 0 aromatic carbocycles. The minimum atomic E-state index is -0.790. The third-order valence-corrected chi connectivity index (χ3v) is 9.01. The van der Waals surface area contributed by atoms with Crippen LogP contribution in [0.15, 0.2) is 24.3 Å². The maximum absolute atomic E-state index is 12.4. The molecule has 0 rings (SSSR count). The zero-order chi connectivity index (χ0) is 35.2. The van der Waals surface area contributed by atoms with Crippen molar-refractivity contribution in [3.05, 3.63) is 24.3 Å². The summed E-state index contributed by atoms with van der Waals surface area (Å²) in [7, 11) is 0. The fourth-order valence-electron chi connectivity index (χ4n) is 5.52. The first-order valence-electron chi connectivity index (χ1n) is 19.9. The average Bonchev–Trinajstić information content (AvgIpc) is 3.09. The van der Waals surface area contributed by atoms with E-state index >= 15 is 0 Å². The lowest BCUT2D eigenvalue weighted by Crippen LogP contribution is -2.31. The van der Waals surface area contributed by atoms with Crippen molar-refractivity contribution in [1.82, 2.24) is 0 Å². The van der Waals surface area contributed by atoms with Gasteiger partial charge in [-0.25, -0.2) is 0 Å². The summed E-state index contributed by atoms with van der Waals surface area (Å²) in [5, 5.41) is 0.0534. The minimum Gasteiger partial charge on any atom is -0.462 e. The lowest BCUT2D eigenvalue weighted by atomic mass is 10.1. The Bertz CT molecular complexity index is 796. The number of ether oxygens (including phenoxy) is 3. The molecule has 0 spiro atoms. The first kappa shape index (κ1) is 46.4. The highest BCUT2D eigenvalue weighted by Gasteiger charge is 2.19. The van der Waals surface area contributed by atoms with E-state index < -0.39 is 12.1 Å². The largest absolute Gasteiger partial charge is 0.462 e. The second kappa shape index (κ2) is 38.2. The van der Waals surface area contributed by atoms with Gasteiger partial charge in [0.15, 0.2) is 6.10 Å². The highest BCUT2D eigenvalue weighted by Crippen LogP contribution is 2.13. The summed E-state index contributed by atoms with van der Waals surface area (Å²) in [5.74, 6) is -1.11. The average molecular weight is 742 g/mol. The molecule has 280 valence electrons. The van der Waals surface area contributed by atoms with Crippen LogP contribution in [0, 0.1) is 0 Å². The smallest absolute Gasteiger partial charge is 0.316 e. The van der Waals surface area contributed by atoms with Crippen LogP contribution in [0.25, 0.3) is 0 Å². The Labute approximate surface area is 304 Å². The lowest BCUT2D eigenvalue weighted by molar-refractivity contribution is -0.166. The van der Waals surface area contributed by atoms with Crippen molar-refractivity contribution >= 4 is 33.8 Å². The number of carbonyl (C=O) groups excluding carboxylic acids is 3. The van der Waals surface area contributed by atoms with Crippen molar-refractivity contribution in [1.29, 1.82) is 0 Å². The van der Waals surface area contributed by atoms with Gasteiger partial charge in [-0.15, -0.1) is 0 Å². The Kier molecular flexibility index (Phi) is 36.9. The topological polar surface area (TPSA) is 78.9 Å². The molecule has 0 aliphatic heterocycles. The van der Waals surface area contributed by atoms with Crippen molar-refractivity contribution in [2.75, 3.05) is 18.5 Å². The van der Waals surface area contributed by atoms with E-state index in [1.54, 1.807) is 0 Å². The second-order valence-corrected chi connectivity index (χ2v) is 13.8. The fraction of sp³-hybridized carbons (Fsp3) is 0.829. The number of unbranched alkanes of at least 4 members (excludes halogenated alkanes) is 22. The molecular formula is C41H73BrO6. The van der Waals surface area contributed by atoms with E-state index in [2.05, 4.69) is 54.1 Å². The van der Waals surface area contributed by atoms with Crippen LogP contribution in [0.1, 0.15) is 194 Å². The van der Waals surface area contributed by atoms with Gasteiger partial charge in [0.1, 0.15) is 18.5 Å². The van der Waals surface area contributed by atoms with Gasteiger partial charge in [0, 0.05) is 12.8 Å². The summed E-state index contributed by atoms with van der Waals surface area (Å²) in [6, 6.07) is 0. The Morgan fingerprint density at radius 3 is 1.19 bits per heavy atom. The second-order valence-electron chi connectivity index (χ2n) is 13.3. The van der Waals surface area contributed by atoms with E-state index in [9.17, 15) is 14.4 Å². The summed E-state index contributed by atoms with van der Waals surface area (Å²) >= 11 is 3.07. The van der Waals surface area contributed by atoms with Gasteiger partial charge in [-0.1, -0.05) is 157 Å². The molecule has 0 N–H and O–H groups in total. The van der Waals surface area contributed by atoms with E-state index in [1.165, 1.54) is 109 Å². The number of alkyl halides is 1. The van der Waals surface area contributed by atoms with Gasteiger partial charge in [-0.3, -0.25) is 14.4 Å². The third kappa shape index (κ3) is 35.7. The van der Waals surface area contributed by atoms with Gasteiger partial charge in [0.25, 0.3) is 0 Å². The predicted molar refractivity (Wildman–Crippen MR) is 204 cm³/mol. The third-order valence-electron chi connectivity index (χ3n) is 8.55. The quantitative estimate of drug-likeness (QED) is 0.0209. The van der Waals surface area contributed by atoms with Crippen molar-refractivity contribution in [2.45, 2.75) is 200 Å². The molecule has 0 unspecified atom stereocenters. The number of rotatable bonds is 36. The molecule has 0 aliphatic rings. The predicted octanol–water partition coefficient (Wildman–Crippen LogP) is 12.5. The summed E-state index contributed by atoms with van der Waals surface area (Å²) in [4.78, 5) is 36.4. The molecule has 0 fully saturated rings. The van der Waals surface area contributed by atoms with E-state index in [-0.39, 0.29) is 30.5 Å². The van der Waals surface area contributed by atoms with Gasteiger partial charge in [0.05, 0.1) is 0 Å². The van der Waals surface area contributed by atoms with Gasteiger partial charge in [-0.05, 0) is 64.2 Å². The monoisotopic (exact) mass is 740 g/mol. The zero-order valence-electron chi connectivity index (χ0n) is 31.1. The van der Waals surface area contributed by atoms with Crippen LogP contribution in [0.4, 0.5) is 0 Å². The summed E-state index contributed by atoms with van der Waals surface area (Å²) in [6.07, 6.45) is 40.4. The molecule has 1 atom stereocenters. The van der Waals surface area contributed by atoms with Crippen LogP contribution in [-0.2, 0) is 28.6 Å². The molecule has 7 heteroatoms. The standard InChI is InChI=1S/C41H73BrO6/c1-3-5-7-9-11-13-15-17-19-21-23-25-27-29-31-33-39(43)46-36-38(37-47-41(45)35-42)48-40(44)34-32-30-28-26-24-22-20-18-16-14-12-10-8-6-4-2/h17-20,38H,3-16,21-37H2,1-2H3/t38-/m1/s1. The van der Waals surface area contributed by atoms with E-state index in [4.69, 9.17) is 14.2 Å². The van der Waals surface area contributed by atoms with Gasteiger partial charge < -0.3 is 14.2 Å².